The molecule has 0 aromatic heterocycles. The first-order valence-electron chi connectivity index (χ1n) is 8.58. The SMILES string of the molecule is CC(C)=C1[C@H]2CC[C@H]1[C@@H](C(=O)Nc1ccc3c(c1)OCO3)[C@H]2C(=O)O. The van der Waals surface area contributed by atoms with Crippen molar-refractivity contribution in [3.8, 4) is 11.5 Å². The van der Waals surface area contributed by atoms with E-state index < -0.39 is 17.8 Å². The lowest BCUT2D eigenvalue weighted by atomic mass is 9.78. The van der Waals surface area contributed by atoms with Gasteiger partial charge in [0.05, 0.1) is 11.8 Å². The number of carboxylic acids is 1. The second-order valence-corrected chi connectivity index (χ2v) is 7.19. The Balaban J connectivity index is 1.60. The van der Waals surface area contributed by atoms with Crippen molar-refractivity contribution in [2.24, 2.45) is 23.7 Å². The van der Waals surface area contributed by atoms with Gasteiger partial charge < -0.3 is 19.9 Å². The average molecular weight is 343 g/mol. The van der Waals surface area contributed by atoms with Crippen LogP contribution in [0.5, 0.6) is 11.5 Å². The van der Waals surface area contributed by atoms with E-state index in [1.165, 1.54) is 5.57 Å². The number of fused-ring (bicyclic) bond motifs is 3. The summed E-state index contributed by atoms with van der Waals surface area (Å²) in [4.78, 5) is 24.8. The molecule has 2 N–H and O–H groups in total. The first-order valence-corrected chi connectivity index (χ1v) is 8.58. The number of anilines is 1. The van der Waals surface area contributed by atoms with Crippen molar-refractivity contribution in [3.63, 3.8) is 0 Å². The van der Waals surface area contributed by atoms with Crippen LogP contribution in [0.2, 0.25) is 0 Å². The predicted molar refractivity (Wildman–Crippen MR) is 90.4 cm³/mol. The van der Waals surface area contributed by atoms with Crippen molar-refractivity contribution in [3.05, 3.63) is 29.3 Å². The van der Waals surface area contributed by atoms with Gasteiger partial charge in [-0.1, -0.05) is 11.1 Å². The molecule has 1 aromatic rings. The molecule has 1 aromatic carbocycles. The molecule has 6 heteroatoms. The maximum Gasteiger partial charge on any atom is 0.307 e. The van der Waals surface area contributed by atoms with Crippen LogP contribution in [0.25, 0.3) is 0 Å². The van der Waals surface area contributed by atoms with Crippen LogP contribution < -0.4 is 14.8 Å². The predicted octanol–water partition coefficient (Wildman–Crippen LogP) is 3.05. The van der Waals surface area contributed by atoms with Gasteiger partial charge in [-0.15, -0.1) is 0 Å². The van der Waals surface area contributed by atoms with E-state index in [-0.39, 0.29) is 24.5 Å². The van der Waals surface area contributed by atoms with Crippen LogP contribution in [0, 0.1) is 23.7 Å². The minimum atomic E-state index is -0.878. The Kier molecular flexibility index (Phi) is 3.71. The van der Waals surface area contributed by atoms with Crippen molar-refractivity contribution in [2.75, 3.05) is 12.1 Å². The summed E-state index contributed by atoms with van der Waals surface area (Å²) < 4.78 is 10.6. The fourth-order valence-corrected chi connectivity index (χ4v) is 4.80. The maximum absolute atomic E-state index is 12.9. The molecule has 0 unspecified atom stereocenters. The highest BCUT2D eigenvalue weighted by Gasteiger charge is 2.57. The number of hydrogen-bond donors (Lipinski definition) is 2. The Morgan fingerprint density at radius 3 is 2.44 bits per heavy atom. The van der Waals surface area contributed by atoms with E-state index in [9.17, 15) is 14.7 Å². The third-order valence-electron chi connectivity index (χ3n) is 5.65. The van der Waals surface area contributed by atoms with Crippen LogP contribution >= 0.6 is 0 Å². The molecule has 4 atom stereocenters. The Hall–Kier alpha value is -2.50. The molecular formula is C19H21NO5. The molecule has 2 fully saturated rings. The van der Waals surface area contributed by atoms with Crippen molar-refractivity contribution in [1.82, 2.24) is 0 Å². The monoisotopic (exact) mass is 343 g/mol. The molecule has 4 rings (SSSR count). The number of hydrogen-bond acceptors (Lipinski definition) is 4. The third kappa shape index (κ3) is 2.47. The molecular weight excluding hydrogens is 322 g/mol. The summed E-state index contributed by atoms with van der Waals surface area (Å²) in [5, 5.41) is 12.6. The fraction of sp³-hybridized carbons (Fsp3) is 0.474. The topological polar surface area (TPSA) is 84.9 Å². The Morgan fingerprint density at radius 1 is 1.08 bits per heavy atom. The first kappa shape index (κ1) is 16.0. The second-order valence-electron chi connectivity index (χ2n) is 7.19. The van der Waals surface area contributed by atoms with Gasteiger partial charge in [0.1, 0.15) is 0 Å². The van der Waals surface area contributed by atoms with Gasteiger partial charge in [0.25, 0.3) is 0 Å². The van der Waals surface area contributed by atoms with Crippen LogP contribution in [0.3, 0.4) is 0 Å². The zero-order valence-corrected chi connectivity index (χ0v) is 14.2. The zero-order chi connectivity index (χ0) is 17.7. The largest absolute Gasteiger partial charge is 0.481 e. The maximum atomic E-state index is 12.9. The normalized spacial score (nSPS) is 29.0. The number of benzene rings is 1. The van der Waals surface area contributed by atoms with Gasteiger partial charge in [-0.05, 0) is 50.7 Å². The molecule has 1 aliphatic heterocycles. The van der Waals surface area contributed by atoms with Crippen LogP contribution in [0.4, 0.5) is 5.69 Å². The molecule has 0 spiro atoms. The van der Waals surface area contributed by atoms with Crippen LogP contribution in [-0.2, 0) is 9.59 Å². The Morgan fingerprint density at radius 2 is 1.76 bits per heavy atom. The summed E-state index contributed by atoms with van der Waals surface area (Å²) in [6.07, 6.45) is 1.74. The second kappa shape index (κ2) is 5.79. The van der Waals surface area contributed by atoms with E-state index in [1.807, 2.05) is 13.8 Å². The van der Waals surface area contributed by atoms with Crippen molar-refractivity contribution in [1.29, 1.82) is 0 Å². The molecule has 2 aliphatic carbocycles. The number of allylic oxidation sites excluding steroid dienone is 2. The van der Waals surface area contributed by atoms with E-state index in [4.69, 9.17) is 9.47 Å². The minimum absolute atomic E-state index is 0.0139. The van der Waals surface area contributed by atoms with Gasteiger partial charge in [-0.2, -0.15) is 0 Å². The van der Waals surface area contributed by atoms with Gasteiger partial charge in [-0.25, -0.2) is 0 Å². The van der Waals surface area contributed by atoms with Crippen LogP contribution in [0.1, 0.15) is 26.7 Å². The zero-order valence-electron chi connectivity index (χ0n) is 14.2. The summed E-state index contributed by atoms with van der Waals surface area (Å²) in [6, 6.07) is 5.20. The number of carboxylic acid groups (broad SMARTS) is 1. The number of nitrogens with one attached hydrogen (secondary N) is 1. The summed E-state index contributed by atoms with van der Waals surface area (Å²) in [7, 11) is 0. The molecule has 0 radical (unpaired) electrons. The van der Waals surface area contributed by atoms with E-state index in [2.05, 4.69) is 5.32 Å². The summed E-state index contributed by atoms with van der Waals surface area (Å²) in [5.74, 6) is -1.01. The molecule has 3 aliphatic rings. The van der Waals surface area contributed by atoms with Gasteiger partial charge in [-0.3, -0.25) is 9.59 Å². The highest BCUT2D eigenvalue weighted by Crippen LogP contribution is 2.57. The molecule has 0 saturated heterocycles. The first-order chi connectivity index (χ1) is 12.0. The highest BCUT2D eigenvalue weighted by atomic mass is 16.7. The number of ether oxygens (including phenoxy) is 2. The molecule has 25 heavy (non-hydrogen) atoms. The fourth-order valence-electron chi connectivity index (χ4n) is 4.80. The van der Waals surface area contributed by atoms with Gasteiger partial charge in [0.2, 0.25) is 12.7 Å². The summed E-state index contributed by atoms with van der Waals surface area (Å²) >= 11 is 0. The lowest BCUT2D eigenvalue weighted by molar-refractivity contribution is -0.148. The smallest absolute Gasteiger partial charge is 0.307 e. The number of carbonyl (C=O) groups is 2. The van der Waals surface area contributed by atoms with E-state index in [0.29, 0.717) is 17.2 Å². The molecule has 6 nitrogen and oxygen atoms in total. The molecule has 2 bridgehead atoms. The van der Waals surface area contributed by atoms with Crippen molar-refractivity contribution < 1.29 is 24.2 Å². The number of carbonyl (C=O) groups excluding carboxylic acids is 1. The third-order valence-corrected chi connectivity index (χ3v) is 5.65. The van der Waals surface area contributed by atoms with Crippen LogP contribution in [-0.4, -0.2) is 23.8 Å². The van der Waals surface area contributed by atoms with Crippen molar-refractivity contribution in [2.45, 2.75) is 26.7 Å². The lowest BCUT2D eigenvalue weighted by Crippen LogP contribution is -2.37. The van der Waals surface area contributed by atoms with Crippen LogP contribution in [0.15, 0.2) is 29.3 Å². The molecule has 2 saturated carbocycles. The molecule has 1 amide bonds. The summed E-state index contributed by atoms with van der Waals surface area (Å²) in [5.41, 5.74) is 2.93. The van der Waals surface area contributed by atoms with Gasteiger partial charge >= 0.3 is 5.97 Å². The number of rotatable bonds is 3. The molecule has 1 heterocycles. The van der Waals surface area contributed by atoms with E-state index in [0.717, 1.165) is 18.4 Å². The number of aliphatic carboxylic acids is 1. The standard InChI is InChI=1S/C19H21NO5/c1-9(2)15-11-4-5-12(15)17(19(22)23)16(11)18(21)20-10-3-6-13-14(7-10)25-8-24-13/h3,6-7,11-12,16-17H,4-5,8H2,1-2H3,(H,20,21)(H,22,23)/t11-,12-,16-,17+/m1/s1. The Labute approximate surface area is 145 Å². The van der Waals surface area contributed by atoms with E-state index in [1.54, 1.807) is 18.2 Å². The minimum Gasteiger partial charge on any atom is -0.481 e. The average Bonchev–Trinajstić information content (AvgIpc) is 3.26. The van der Waals surface area contributed by atoms with Crippen molar-refractivity contribution >= 4 is 17.6 Å². The van der Waals surface area contributed by atoms with Gasteiger partial charge in [0.15, 0.2) is 11.5 Å². The molecule has 132 valence electrons. The van der Waals surface area contributed by atoms with Gasteiger partial charge in [0, 0.05) is 11.8 Å². The highest BCUT2D eigenvalue weighted by molar-refractivity contribution is 5.97. The summed E-state index contributed by atoms with van der Waals surface area (Å²) in [6.45, 7) is 4.19. The quantitative estimate of drug-likeness (QED) is 0.824. The van der Waals surface area contributed by atoms with E-state index >= 15 is 0 Å². The number of amides is 1. The lowest BCUT2D eigenvalue weighted by Gasteiger charge is -2.26. The Bertz CT molecular complexity index is 780.